The van der Waals surface area contributed by atoms with Crippen molar-refractivity contribution < 1.29 is 0 Å². The van der Waals surface area contributed by atoms with Crippen molar-refractivity contribution in [3.63, 3.8) is 0 Å². The predicted molar refractivity (Wildman–Crippen MR) is 22.5 cm³/mol. The smallest absolute Gasteiger partial charge is 0.0183 e. The number of halogens is 1. The third kappa shape index (κ3) is 3.41. The molecule has 0 aromatic carbocycles. The van der Waals surface area contributed by atoms with E-state index in [4.69, 9.17) is 11.6 Å². The minimum absolute atomic E-state index is 2.00. The molecular weight excluding hydrogens is 83.5 g/mol. The van der Waals surface area contributed by atoms with Gasteiger partial charge in [-0.3, -0.25) is 0 Å². The molecule has 0 aliphatic rings. The molecule has 0 saturated heterocycles. The van der Waals surface area contributed by atoms with E-state index in [1.807, 2.05) is 11.3 Å². The van der Waals surface area contributed by atoms with Crippen LogP contribution in [-0.4, -0.2) is 0 Å². The zero-order valence-electron chi connectivity index (χ0n) is 2.46. The Hall–Kier alpha value is -0.590. The summed E-state index contributed by atoms with van der Waals surface area (Å²) in [5, 5.41) is 2.00. The van der Waals surface area contributed by atoms with Crippen molar-refractivity contribution in [3.8, 4) is 23.6 Å². The van der Waals surface area contributed by atoms with E-state index in [0.29, 0.717) is 0 Å². The highest BCUT2D eigenvalue weighted by Crippen LogP contribution is 1.56. The number of hydrogen-bond acceptors (Lipinski definition) is 0. The molecule has 0 fully saturated rings. The lowest BCUT2D eigenvalue weighted by molar-refractivity contribution is 2.59. The fourth-order valence-corrected chi connectivity index (χ4v) is 0.0818. The van der Waals surface area contributed by atoms with Gasteiger partial charge in [0.2, 0.25) is 0 Å². The molecule has 0 aromatic rings. The lowest BCUT2D eigenvalue weighted by atomic mass is 10.7. The first-order valence-electron chi connectivity index (χ1n) is 0.978. The van der Waals surface area contributed by atoms with Crippen LogP contribution in [0.1, 0.15) is 0 Å². The highest BCUT2D eigenvalue weighted by atomic mass is 35.5. The maximum Gasteiger partial charge on any atom is 0.0183 e. The average molecular weight is 84.5 g/mol. The first kappa shape index (κ1) is 4.41. The fraction of sp³-hybridized carbons (Fsp3) is 0. The van der Waals surface area contributed by atoms with Crippen molar-refractivity contribution in [2.75, 3.05) is 0 Å². The molecule has 0 bridgehead atoms. The summed E-state index contributed by atoms with van der Waals surface area (Å²) >= 11 is 4.80. The monoisotopic (exact) mass is 84.0 g/mol. The molecule has 0 saturated carbocycles. The molecular formula is C4HCl. The van der Waals surface area contributed by atoms with Crippen molar-refractivity contribution in [1.29, 1.82) is 0 Å². The normalized spacial score (nSPS) is 3.20. The van der Waals surface area contributed by atoms with Crippen LogP contribution in [0.4, 0.5) is 0 Å². The first-order valence-corrected chi connectivity index (χ1v) is 1.36. The lowest BCUT2D eigenvalue weighted by Gasteiger charge is -1.39. The largest absolute Gasteiger partial charge is 0.106 e. The summed E-state index contributed by atoms with van der Waals surface area (Å²) in [5.41, 5.74) is 0. The molecule has 0 N–H and O–H groups in total. The van der Waals surface area contributed by atoms with Gasteiger partial charge >= 0.3 is 0 Å². The Morgan fingerprint density at radius 3 is 2.20 bits per heavy atom. The summed E-state index contributed by atoms with van der Waals surface area (Å²) in [6.07, 6.45) is 4.63. The zero-order chi connectivity index (χ0) is 4.12. The molecule has 0 aliphatic heterocycles. The van der Waals surface area contributed by atoms with Gasteiger partial charge in [0, 0.05) is 11.3 Å². The Bertz CT molecular complexity index is 97.0. The molecule has 24 valence electrons. The van der Waals surface area contributed by atoms with Crippen molar-refractivity contribution in [2.24, 2.45) is 0 Å². The van der Waals surface area contributed by atoms with Gasteiger partial charge in [0.05, 0.1) is 0 Å². The van der Waals surface area contributed by atoms with Gasteiger partial charge in [-0.15, -0.1) is 6.42 Å². The molecule has 0 atom stereocenters. The fourth-order valence-electron chi connectivity index (χ4n) is 0.0273. The summed E-state index contributed by atoms with van der Waals surface area (Å²) in [7, 11) is 0. The van der Waals surface area contributed by atoms with Crippen molar-refractivity contribution in [2.45, 2.75) is 0 Å². The minimum atomic E-state index is 2.00. The van der Waals surface area contributed by atoms with Crippen LogP contribution >= 0.6 is 11.6 Å². The van der Waals surface area contributed by atoms with Gasteiger partial charge < -0.3 is 0 Å². The average Bonchev–Trinajstić information content (AvgIpc) is 1.41. The van der Waals surface area contributed by atoms with Crippen LogP contribution in [0.2, 0.25) is 0 Å². The van der Waals surface area contributed by atoms with E-state index in [2.05, 4.69) is 12.3 Å². The molecule has 0 nitrogen and oxygen atoms in total. The Labute approximate surface area is 36.1 Å². The number of hydrogen-bond donors (Lipinski definition) is 0. The van der Waals surface area contributed by atoms with Crippen LogP contribution in [0.25, 0.3) is 0 Å². The van der Waals surface area contributed by atoms with Crippen LogP contribution in [0.3, 0.4) is 0 Å². The summed E-state index contributed by atoms with van der Waals surface area (Å²) in [4.78, 5) is 0. The highest BCUT2D eigenvalue weighted by molar-refractivity contribution is 6.30. The molecule has 1 heteroatoms. The van der Waals surface area contributed by atoms with E-state index in [1.165, 1.54) is 0 Å². The topological polar surface area (TPSA) is 0 Å². The molecule has 0 unspecified atom stereocenters. The van der Waals surface area contributed by atoms with Crippen molar-refractivity contribution >= 4 is 11.6 Å². The number of terminal acetylenes is 1. The maximum absolute atomic E-state index is 4.80. The molecule has 0 aromatic heterocycles. The highest BCUT2D eigenvalue weighted by Gasteiger charge is 1.38. The number of rotatable bonds is 0. The van der Waals surface area contributed by atoms with Gasteiger partial charge in [-0.05, 0) is 17.5 Å². The van der Waals surface area contributed by atoms with Gasteiger partial charge in [-0.2, -0.15) is 0 Å². The summed E-state index contributed by atoms with van der Waals surface area (Å²) in [5.74, 6) is 4.18. The van der Waals surface area contributed by atoms with Crippen molar-refractivity contribution in [3.05, 3.63) is 0 Å². The van der Waals surface area contributed by atoms with Crippen LogP contribution in [0.5, 0.6) is 0 Å². The molecule has 5 heavy (non-hydrogen) atoms. The third-order valence-corrected chi connectivity index (χ3v) is 0.214. The predicted octanol–water partition coefficient (Wildman–Crippen LogP) is 0.819. The summed E-state index contributed by atoms with van der Waals surface area (Å²) < 4.78 is 0. The van der Waals surface area contributed by atoms with Crippen molar-refractivity contribution in [1.82, 2.24) is 0 Å². The molecule has 0 amide bonds. The second kappa shape index (κ2) is 3.41. The lowest BCUT2D eigenvalue weighted by Crippen LogP contribution is -1.33. The standard InChI is InChI=1S/C4HCl/c1-2-3-4-5/h1H. The maximum atomic E-state index is 4.80. The molecule has 0 heterocycles. The van der Waals surface area contributed by atoms with E-state index < -0.39 is 0 Å². The van der Waals surface area contributed by atoms with Crippen LogP contribution in [0.15, 0.2) is 0 Å². The Morgan fingerprint density at radius 2 is 2.20 bits per heavy atom. The first-order chi connectivity index (χ1) is 2.41. The van der Waals surface area contributed by atoms with E-state index >= 15 is 0 Å². The van der Waals surface area contributed by atoms with E-state index in [-0.39, 0.29) is 0 Å². The molecule has 0 aliphatic carbocycles. The van der Waals surface area contributed by atoms with E-state index in [9.17, 15) is 0 Å². The Kier molecular flexibility index (Phi) is 3.01. The van der Waals surface area contributed by atoms with Gasteiger partial charge in [0.15, 0.2) is 0 Å². The van der Waals surface area contributed by atoms with Crippen LogP contribution in [-0.2, 0) is 0 Å². The minimum Gasteiger partial charge on any atom is -0.106 e. The van der Waals surface area contributed by atoms with Gasteiger partial charge in [-0.25, -0.2) is 0 Å². The molecule has 0 rings (SSSR count). The zero-order valence-corrected chi connectivity index (χ0v) is 3.21. The Morgan fingerprint density at radius 1 is 1.60 bits per heavy atom. The summed E-state index contributed by atoms with van der Waals surface area (Å²) in [6.45, 7) is 0. The SMILES string of the molecule is C#CC#CCl. The van der Waals surface area contributed by atoms with E-state index in [1.54, 1.807) is 0 Å². The summed E-state index contributed by atoms with van der Waals surface area (Å²) in [6, 6.07) is 0. The van der Waals surface area contributed by atoms with Gasteiger partial charge in [-0.1, -0.05) is 0 Å². The third-order valence-electron chi connectivity index (χ3n) is 0.119. The quantitative estimate of drug-likeness (QED) is 0.381. The molecule has 0 radical (unpaired) electrons. The second-order valence-corrected chi connectivity index (χ2v) is 0.553. The Balaban J connectivity index is 3.30. The van der Waals surface area contributed by atoms with Gasteiger partial charge in [0.1, 0.15) is 0 Å². The van der Waals surface area contributed by atoms with Crippen LogP contribution in [0, 0.1) is 23.6 Å². The van der Waals surface area contributed by atoms with Crippen LogP contribution < -0.4 is 0 Å². The molecule has 0 spiro atoms. The van der Waals surface area contributed by atoms with E-state index in [0.717, 1.165) is 0 Å². The second-order valence-electron chi connectivity index (χ2n) is 0.364. The van der Waals surface area contributed by atoms with Gasteiger partial charge in [0.25, 0.3) is 0 Å².